The smallest absolute Gasteiger partial charge is 0.239 e. The zero-order chi connectivity index (χ0) is 13.9. The predicted octanol–water partition coefficient (Wildman–Crippen LogP) is 1.75. The zero-order valence-electron chi connectivity index (χ0n) is 10.8. The van der Waals surface area contributed by atoms with Crippen molar-refractivity contribution in [3.8, 4) is 11.5 Å². The number of benzene rings is 1. The van der Waals surface area contributed by atoms with Gasteiger partial charge in [0.15, 0.2) is 16.7 Å². The number of carbonyl (C=O) groups is 1. The van der Waals surface area contributed by atoms with E-state index in [-0.39, 0.29) is 18.0 Å². The molecule has 1 N–H and O–H groups in total. The number of amides is 1. The van der Waals surface area contributed by atoms with Crippen molar-refractivity contribution in [1.82, 2.24) is 5.32 Å². The van der Waals surface area contributed by atoms with Gasteiger partial charge in [0.05, 0.1) is 11.5 Å². The summed E-state index contributed by atoms with van der Waals surface area (Å²) in [7, 11) is 0. The van der Waals surface area contributed by atoms with Crippen molar-refractivity contribution in [3.05, 3.63) is 23.8 Å². The molecule has 0 bridgehead atoms. The van der Waals surface area contributed by atoms with Crippen molar-refractivity contribution in [2.24, 2.45) is 10.2 Å². The molecule has 0 saturated carbocycles. The third-order valence-corrected chi connectivity index (χ3v) is 4.14. The molecule has 104 valence electrons. The van der Waals surface area contributed by atoms with Gasteiger partial charge in [0.25, 0.3) is 0 Å². The van der Waals surface area contributed by atoms with Gasteiger partial charge in [-0.2, -0.15) is 5.10 Å². The molecule has 6 nitrogen and oxygen atoms in total. The van der Waals surface area contributed by atoms with Crippen molar-refractivity contribution in [2.75, 3.05) is 6.79 Å². The van der Waals surface area contributed by atoms with Crippen LogP contribution in [-0.2, 0) is 4.79 Å². The van der Waals surface area contributed by atoms with Crippen LogP contribution in [0.15, 0.2) is 28.4 Å². The van der Waals surface area contributed by atoms with Crippen molar-refractivity contribution >= 4 is 29.1 Å². The molecule has 2 aliphatic rings. The Bertz CT molecular complexity index is 601. The SMILES string of the molecule is CC[C@H]1SC(=NN=Cc2ccc3c(c2)OCO3)NC1=O. The number of rotatable bonds is 3. The predicted molar refractivity (Wildman–Crippen MR) is 77.4 cm³/mol. The van der Waals surface area contributed by atoms with Gasteiger partial charge in [-0.1, -0.05) is 18.7 Å². The summed E-state index contributed by atoms with van der Waals surface area (Å²) in [6, 6.07) is 5.53. The Kier molecular flexibility index (Phi) is 3.60. The molecule has 7 heteroatoms. The number of thioether (sulfide) groups is 1. The number of ether oxygens (including phenoxy) is 2. The van der Waals surface area contributed by atoms with Crippen LogP contribution in [-0.4, -0.2) is 29.3 Å². The van der Waals surface area contributed by atoms with Gasteiger partial charge in [-0.15, -0.1) is 5.10 Å². The number of nitrogens with one attached hydrogen (secondary N) is 1. The lowest BCUT2D eigenvalue weighted by Gasteiger charge is -1.96. The van der Waals surface area contributed by atoms with Crippen LogP contribution in [0.2, 0.25) is 0 Å². The summed E-state index contributed by atoms with van der Waals surface area (Å²) >= 11 is 1.40. The number of hydrogen-bond donors (Lipinski definition) is 1. The Morgan fingerprint density at radius 1 is 1.45 bits per heavy atom. The molecule has 0 unspecified atom stereocenters. The molecule has 0 aromatic heterocycles. The van der Waals surface area contributed by atoms with E-state index < -0.39 is 0 Å². The molecule has 0 radical (unpaired) electrons. The van der Waals surface area contributed by atoms with Crippen molar-refractivity contribution in [1.29, 1.82) is 0 Å². The number of fused-ring (bicyclic) bond motifs is 1. The van der Waals surface area contributed by atoms with Gasteiger partial charge in [-0.05, 0) is 30.2 Å². The lowest BCUT2D eigenvalue weighted by atomic mass is 10.2. The van der Waals surface area contributed by atoms with Gasteiger partial charge >= 0.3 is 0 Å². The minimum atomic E-state index is -0.0607. The summed E-state index contributed by atoms with van der Waals surface area (Å²) in [5.74, 6) is 1.43. The third kappa shape index (κ3) is 2.62. The van der Waals surface area contributed by atoms with Gasteiger partial charge < -0.3 is 14.8 Å². The maximum absolute atomic E-state index is 11.5. The van der Waals surface area contributed by atoms with Crippen LogP contribution in [0, 0.1) is 0 Å². The number of nitrogens with zero attached hydrogens (tertiary/aromatic N) is 2. The van der Waals surface area contributed by atoms with Crippen molar-refractivity contribution in [2.45, 2.75) is 18.6 Å². The molecule has 2 aliphatic heterocycles. The molecule has 1 amide bonds. The second kappa shape index (κ2) is 5.54. The molecule has 1 aromatic rings. The maximum Gasteiger partial charge on any atom is 0.239 e. The quantitative estimate of drug-likeness (QED) is 0.680. The van der Waals surface area contributed by atoms with Crippen LogP contribution < -0.4 is 14.8 Å². The second-order valence-electron chi connectivity index (χ2n) is 4.27. The standard InChI is InChI=1S/C13H13N3O3S/c1-2-11-12(17)15-13(20-11)16-14-6-8-3-4-9-10(5-8)19-7-18-9/h3-6,11H,2,7H2,1H3,(H,15,16,17)/t11-/m1/s1. The second-order valence-corrected chi connectivity index (χ2v) is 5.46. The number of hydrogen-bond acceptors (Lipinski definition) is 6. The monoisotopic (exact) mass is 291 g/mol. The lowest BCUT2D eigenvalue weighted by Crippen LogP contribution is -2.24. The first-order chi connectivity index (χ1) is 9.76. The average molecular weight is 291 g/mol. The van der Waals surface area contributed by atoms with E-state index in [4.69, 9.17) is 9.47 Å². The van der Waals surface area contributed by atoms with E-state index in [1.165, 1.54) is 11.8 Å². The van der Waals surface area contributed by atoms with E-state index in [1.807, 2.05) is 25.1 Å². The largest absolute Gasteiger partial charge is 0.454 e. The molecule has 3 rings (SSSR count). The minimum absolute atomic E-state index is 0.00507. The van der Waals surface area contributed by atoms with E-state index in [0.717, 1.165) is 17.7 Å². The van der Waals surface area contributed by atoms with Gasteiger partial charge in [0.1, 0.15) is 0 Å². The highest BCUT2D eigenvalue weighted by Gasteiger charge is 2.28. The van der Waals surface area contributed by atoms with Crippen molar-refractivity contribution < 1.29 is 14.3 Å². The van der Waals surface area contributed by atoms with Gasteiger partial charge in [0, 0.05) is 0 Å². The van der Waals surface area contributed by atoms with E-state index in [9.17, 15) is 4.79 Å². The molecule has 1 fully saturated rings. The summed E-state index contributed by atoms with van der Waals surface area (Å²) < 4.78 is 10.5. The molecular formula is C13H13N3O3S. The van der Waals surface area contributed by atoms with Gasteiger partial charge in [-0.25, -0.2) is 0 Å². The van der Waals surface area contributed by atoms with Gasteiger partial charge in [0.2, 0.25) is 12.7 Å². The third-order valence-electron chi connectivity index (χ3n) is 2.90. The highest BCUT2D eigenvalue weighted by atomic mass is 32.2. The van der Waals surface area contributed by atoms with Crippen molar-refractivity contribution in [3.63, 3.8) is 0 Å². The molecule has 0 aliphatic carbocycles. The molecule has 0 spiro atoms. The fourth-order valence-electron chi connectivity index (χ4n) is 1.86. The summed E-state index contributed by atoms with van der Waals surface area (Å²) in [6.45, 7) is 2.22. The summed E-state index contributed by atoms with van der Waals surface area (Å²) in [4.78, 5) is 11.5. The van der Waals surface area contributed by atoms with Crippen LogP contribution >= 0.6 is 11.8 Å². The fourth-order valence-corrected chi connectivity index (χ4v) is 2.72. The topological polar surface area (TPSA) is 72.3 Å². The summed E-state index contributed by atoms with van der Waals surface area (Å²) in [5, 5.41) is 11.2. The zero-order valence-corrected chi connectivity index (χ0v) is 11.6. The molecular weight excluding hydrogens is 278 g/mol. The minimum Gasteiger partial charge on any atom is -0.454 e. The molecule has 1 aromatic carbocycles. The van der Waals surface area contributed by atoms with Crippen LogP contribution in [0.1, 0.15) is 18.9 Å². The molecule has 1 atom stereocenters. The van der Waals surface area contributed by atoms with E-state index in [1.54, 1.807) is 6.21 Å². The Labute approximate surface area is 120 Å². The first kappa shape index (κ1) is 13.0. The molecule has 2 heterocycles. The Balaban J connectivity index is 1.68. The first-order valence-corrected chi connectivity index (χ1v) is 7.12. The van der Waals surface area contributed by atoms with E-state index >= 15 is 0 Å². The Morgan fingerprint density at radius 2 is 2.30 bits per heavy atom. The fraction of sp³-hybridized carbons (Fsp3) is 0.308. The van der Waals surface area contributed by atoms with Crippen LogP contribution in [0.5, 0.6) is 11.5 Å². The Morgan fingerprint density at radius 3 is 3.10 bits per heavy atom. The summed E-state index contributed by atoms with van der Waals surface area (Å²) in [6.07, 6.45) is 2.39. The lowest BCUT2D eigenvalue weighted by molar-refractivity contribution is -0.118. The first-order valence-electron chi connectivity index (χ1n) is 6.24. The Hall–Kier alpha value is -2.02. The highest BCUT2D eigenvalue weighted by Crippen LogP contribution is 2.32. The van der Waals surface area contributed by atoms with E-state index in [2.05, 4.69) is 15.5 Å². The normalized spacial score (nSPS) is 22.8. The van der Waals surface area contributed by atoms with Crippen LogP contribution in [0.3, 0.4) is 0 Å². The number of carbonyl (C=O) groups excluding carboxylic acids is 1. The average Bonchev–Trinajstić information content (AvgIpc) is 3.04. The highest BCUT2D eigenvalue weighted by molar-refractivity contribution is 8.15. The molecule has 20 heavy (non-hydrogen) atoms. The van der Waals surface area contributed by atoms with E-state index in [0.29, 0.717) is 10.9 Å². The summed E-state index contributed by atoms with van der Waals surface area (Å²) in [5.41, 5.74) is 0.861. The maximum atomic E-state index is 11.5. The number of amidine groups is 1. The van der Waals surface area contributed by atoms with Crippen LogP contribution in [0.25, 0.3) is 0 Å². The molecule has 1 saturated heterocycles. The van der Waals surface area contributed by atoms with Gasteiger partial charge in [-0.3, -0.25) is 4.79 Å². The van der Waals surface area contributed by atoms with Crippen LogP contribution in [0.4, 0.5) is 0 Å².